The second-order valence-electron chi connectivity index (χ2n) is 5.19. The van der Waals surface area contributed by atoms with Gasteiger partial charge in [0.1, 0.15) is 5.75 Å². The fourth-order valence-electron chi connectivity index (χ4n) is 2.44. The third kappa shape index (κ3) is 2.96. The Hall–Kier alpha value is -1.22. The number of nitrogens with zero attached hydrogens (tertiary/aromatic N) is 1. The first-order valence-electron chi connectivity index (χ1n) is 6.90. The zero-order valence-corrected chi connectivity index (χ0v) is 11.7. The predicted octanol–water partition coefficient (Wildman–Crippen LogP) is 2.66. The molecule has 1 atom stereocenters. The fourth-order valence-corrected chi connectivity index (χ4v) is 2.44. The second-order valence-corrected chi connectivity index (χ2v) is 5.19. The van der Waals surface area contributed by atoms with Gasteiger partial charge in [-0.25, -0.2) is 0 Å². The van der Waals surface area contributed by atoms with E-state index in [0.29, 0.717) is 0 Å². The fraction of sp³-hybridized carbons (Fsp3) is 0.600. The first-order chi connectivity index (χ1) is 8.67. The molecule has 0 amide bonds. The number of nitrogens with one attached hydrogen (secondary N) is 1. The quantitative estimate of drug-likeness (QED) is 0.886. The Morgan fingerprint density at radius 2 is 2.22 bits per heavy atom. The Kier molecular flexibility index (Phi) is 4.12. The molecular formula is C15H24N2O. The van der Waals surface area contributed by atoms with Crippen molar-refractivity contribution in [3.05, 3.63) is 24.3 Å². The molecule has 18 heavy (non-hydrogen) atoms. The minimum absolute atomic E-state index is 0.222. The van der Waals surface area contributed by atoms with Crippen LogP contribution in [0.15, 0.2) is 24.3 Å². The average Bonchev–Trinajstić information content (AvgIpc) is 2.40. The van der Waals surface area contributed by atoms with Gasteiger partial charge in [0.25, 0.3) is 0 Å². The van der Waals surface area contributed by atoms with Gasteiger partial charge in [-0.05, 0) is 32.4 Å². The molecule has 1 aromatic carbocycles. The number of anilines is 1. The minimum Gasteiger partial charge on any atom is -0.494 e. The maximum atomic E-state index is 5.57. The topological polar surface area (TPSA) is 24.5 Å². The van der Waals surface area contributed by atoms with Gasteiger partial charge in [0.05, 0.1) is 6.61 Å². The number of ether oxygens (including phenoxy) is 1. The van der Waals surface area contributed by atoms with E-state index in [-0.39, 0.29) is 5.54 Å². The first kappa shape index (κ1) is 13.2. The lowest BCUT2D eigenvalue weighted by Gasteiger charge is -2.42. The summed E-state index contributed by atoms with van der Waals surface area (Å²) in [6.07, 6.45) is 1.15. The lowest BCUT2D eigenvalue weighted by molar-refractivity contribution is 0.313. The first-order valence-corrected chi connectivity index (χ1v) is 6.90. The van der Waals surface area contributed by atoms with Crippen LogP contribution in [0.25, 0.3) is 0 Å². The lowest BCUT2D eigenvalue weighted by atomic mass is 9.95. The van der Waals surface area contributed by atoms with E-state index in [0.717, 1.165) is 38.4 Å². The molecule has 1 saturated heterocycles. The highest BCUT2D eigenvalue weighted by atomic mass is 16.5. The van der Waals surface area contributed by atoms with E-state index < -0.39 is 0 Å². The molecule has 1 aliphatic rings. The molecule has 1 unspecified atom stereocenters. The highest BCUT2D eigenvalue weighted by Crippen LogP contribution is 2.25. The van der Waals surface area contributed by atoms with E-state index >= 15 is 0 Å². The summed E-state index contributed by atoms with van der Waals surface area (Å²) in [5.41, 5.74) is 1.49. The van der Waals surface area contributed by atoms with Gasteiger partial charge in [0.2, 0.25) is 0 Å². The van der Waals surface area contributed by atoms with Crippen LogP contribution in [0.3, 0.4) is 0 Å². The SMILES string of the molecule is CCOc1cccc(N2CCNC(C)(CC)C2)c1. The van der Waals surface area contributed by atoms with E-state index in [1.807, 2.05) is 13.0 Å². The predicted molar refractivity (Wildman–Crippen MR) is 76.5 cm³/mol. The third-order valence-corrected chi connectivity index (χ3v) is 3.75. The van der Waals surface area contributed by atoms with Crippen molar-refractivity contribution in [3.63, 3.8) is 0 Å². The molecule has 1 fully saturated rings. The summed E-state index contributed by atoms with van der Waals surface area (Å²) in [4.78, 5) is 2.45. The molecular weight excluding hydrogens is 224 g/mol. The van der Waals surface area contributed by atoms with Gasteiger partial charge in [-0.2, -0.15) is 0 Å². The number of piperazine rings is 1. The van der Waals surface area contributed by atoms with Gasteiger partial charge in [-0.15, -0.1) is 0 Å². The van der Waals surface area contributed by atoms with Gasteiger partial charge in [-0.3, -0.25) is 0 Å². The largest absolute Gasteiger partial charge is 0.494 e. The molecule has 0 spiro atoms. The molecule has 1 aliphatic heterocycles. The van der Waals surface area contributed by atoms with E-state index in [4.69, 9.17) is 4.74 Å². The Balaban J connectivity index is 2.13. The van der Waals surface area contributed by atoms with Crippen molar-refractivity contribution in [3.8, 4) is 5.75 Å². The van der Waals surface area contributed by atoms with Crippen molar-refractivity contribution in [2.45, 2.75) is 32.7 Å². The Morgan fingerprint density at radius 3 is 2.94 bits per heavy atom. The monoisotopic (exact) mass is 248 g/mol. The molecule has 1 aromatic rings. The zero-order chi connectivity index (χ0) is 13.0. The van der Waals surface area contributed by atoms with Crippen LogP contribution in [0, 0.1) is 0 Å². The molecule has 1 N–H and O–H groups in total. The summed E-state index contributed by atoms with van der Waals surface area (Å²) < 4.78 is 5.57. The maximum absolute atomic E-state index is 5.57. The van der Waals surface area contributed by atoms with E-state index in [1.165, 1.54) is 5.69 Å². The van der Waals surface area contributed by atoms with Crippen LogP contribution in [0.2, 0.25) is 0 Å². The minimum atomic E-state index is 0.222. The van der Waals surface area contributed by atoms with Crippen LogP contribution >= 0.6 is 0 Å². The van der Waals surface area contributed by atoms with Gasteiger partial charge in [-0.1, -0.05) is 13.0 Å². The third-order valence-electron chi connectivity index (χ3n) is 3.75. The summed E-state index contributed by atoms with van der Waals surface area (Å²) >= 11 is 0. The number of hydrogen-bond acceptors (Lipinski definition) is 3. The highest BCUT2D eigenvalue weighted by Gasteiger charge is 2.28. The van der Waals surface area contributed by atoms with E-state index in [2.05, 4.69) is 42.3 Å². The Morgan fingerprint density at radius 1 is 1.39 bits per heavy atom. The van der Waals surface area contributed by atoms with Crippen molar-refractivity contribution in [1.29, 1.82) is 0 Å². The molecule has 0 aliphatic carbocycles. The van der Waals surface area contributed by atoms with Gasteiger partial charge < -0.3 is 15.0 Å². The van der Waals surface area contributed by atoms with Crippen molar-refractivity contribution in [2.75, 3.05) is 31.1 Å². The number of benzene rings is 1. The molecule has 3 heteroatoms. The van der Waals surface area contributed by atoms with Crippen LogP contribution in [0.4, 0.5) is 5.69 Å². The molecule has 0 bridgehead atoms. The van der Waals surface area contributed by atoms with E-state index in [1.54, 1.807) is 0 Å². The smallest absolute Gasteiger partial charge is 0.121 e. The van der Waals surface area contributed by atoms with Crippen LogP contribution in [-0.4, -0.2) is 31.8 Å². The molecule has 0 saturated carbocycles. The average molecular weight is 248 g/mol. The molecule has 100 valence electrons. The molecule has 0 radical (unpaired) electrons. The Labute approximate surface area is 110 Å². The summed E-state index contributed by atoms with van der Waals surface area (Å²) in [6.45, 7) is 10.4. The van der Waals surface area contributed by atoms with Crippen molar-refractivity contribution >= 4 is 5.69 Å². The standard InChI is InChI=1S/C15H24N2O/c1-4-15(3)12-17(10-9-16-15)13-7-6-8-14(11-13)18-5-2/h6-8,11,16H,4-5,9-10,12H2,1-3H3. The molecule has 0 aromatic heterocycles. The maximum Gasteiger partial charge on any atom is 0.121 e. The molecule has 1 heterocycles. The van der Waals surface area contributed by atoms with E-state index in [9.17, 15) is 0 Å². The summed E-state index contributed by atoms with van der Waals surface area (Å²) in [5.74, 6) is 0.965. The van der Waals surface area contributed by atoms with Gasteiger partial charge >= 0.3 is 0 Å². The molecule has 3 nitrogen and oxygen atoms in total. The van der Waals surface area contributed by atoms with Crippen LogP contribution < -0.4 is 15.0 Å². The summed E-state index contributed by atoms with van der Waals surface area (Å²) in [5, 5.41) is 3.61. The summed E-state index contributed by atoms with van der Waals surface area (Å²) in [7, 11) is 0. The number of rotatable bonds is 4. The van der Waals surface area contributed by atoms with Gasteiger partial charge in [0.15, 0.2) is 0 Å². The van der Waals surface area contributed by atoms with Crippen molar-refractivity contribution in [2.24, 2.45) is 0 Å². The molecule has 2 rings (SSSR count). The lowest BCUT2D eigenvalue weighted by Crippen LogP contribution is -2.58. The van der Waals surface area contributed by atoms with Crippen LogP contribution in [0.1, 0.15) is 27.2 Å². The van der Waals surface area contributed by atoms with Crippen molar-refractivity contribution < 1.29 is 4.74 Å². The normalized spacial score (nSPS) is 24.1. The summed E-state index contributed by atoms with van der Waals surface area (Å²) in [6, 6.07) is 8.41. The number of hydrogen-bond donors (Lipinski definition) is 1. The second kappa shape index (κ2) is 5.61. The highest BCUT2D eigenvalue weighted by molar-refractivity contribution is 5.51. The van der Waals surface area contributed by atoms with Crippen molar-refractivity contribution in [1.82, 2.24) is 5.32 Å². The van der Waals surface area contributed by atoms with Crippen LogP contribution in [0.5, 0.6) is 5.75 Å². The van der Waals surface area contributed by atoms with Gasteiger partial charge in [0, 0.05) is 36.9 Å². The van der Waals surface area contributed by atoms with Crippen LogP contribution in [-0.2, 0) is 0 Å². The Bertz CT molecular complexity index is 394. The zero-order valence-electron chi connectivity index (χ0n) is 11.7.